The first-order valence-electron chi connectivity index (χ1n) is 9.92. The van der Waals surface area contributed by atoms with Gasteiger partial charge in [-0.25, -0.2) is 13.6 Å². The summed E-state index contributed by atoms with van der Waals surface area (Å²) >= 11 is 0. The van der Waals surface area contributed by atoms with Gasteiger partial charge in [-0.2, -0.15) is 0 Å². The molecular weight excluding hydrogens is 400 g/mol. The Balaban J connectivity index is 1.49. The molecule has 1 atom stereocenters. The van der Waals surface area contributed by atoms with Crippen molar-refractivity contribution in [2.24, 2.45) is 5.16 Å². The van der Waals surface area contributed by atoms with E-state index in [0.717, 1.165) is 0 Å². The van der Waals surface area contributed by atoms with Gasteiger partial charge in [-0.15, -0.1) is 0 Å². The Morgan fingerprint density at radius 3 is 2.39 bits per heavy atom. The highest BCUT2D eigenvalue weighted by atomic mass is 19.1. The highest BCUT2D eigenvalue weighted by Gasteiger charge is 2.28. The van der Waals surface area contributed by atoms with Crippen molar-refractivity contribution >= 4 is 17.4 Å². The second-order valence-corrected chi connectivity index (χ2v) is 7.22. The summed E-state index contributed by atoms with van der Waals surface area (Å²) in [5.74, 6) is -0.772. The number of urea groups is 1. The number of amides is 2. The topological polar surface area (TPSA) is 53.9 Å². The highest BCUT2D eigenvalue weighted by Crippen LogP contribution is 2.21. The van der Waals surface area contributed by atoms with Gasteiger partial charge in [-0.1, -0.05) is 59.8 Å². The molecule has 1 unspecified atom stereocenters. The number of halogens is 2. The molecule has 5 nitrogen and oxygen atoms in total. The number of benzene rings is 3. The fraction of sp³-hybridized carbons (Fsp3) is 0.167. The molecule has 1 aliphatic heterocycles. The lowest BCUT2D eigenvalue weighted by atomic mass is 10.0. The van der Waals surface area contributed by atoms with Crippen molar-refractivity contribution < 1.29 is 18.4 Å². The van der Waals surface area contributed by atoms with Crippen LogP contribution in [-0.4, -0.2) is 29.3 Å². The van der Waals surface area contributed by atoms with Gasteiger partial charge in [0.25, 0.3) is 0 Å². The van der Waals surface area contributed by atoms with Crippen molar-refractivity contribution in [3.05, 3.63) is 102 Å². The molecule has 0 aliphatic carbocycles. The van der Waals surface area contributed by atoms with E-state index in [0.29, 0.717) is 28.9 Å². The molecule has 1 aliphatic rings. The summed E-state index contributed by atoms with van der Waals surface area (Å²) in [5, 5.41) is 6.83. The van der Waals surface area contributed by atoms with Crippen LogP contribution in [0.5, 0.6) is 0 Å². The molecule has 0 saturated heterocycles. The Hall–Kier alpha value is -3.74. The molecule has 2 amide bonds. The quantitative estimate of drug-likeness (QED) is 0.595. The van der Waals surface area contributed by atoms with Crippen molar-refractivity contribution in [2.75, 3.05) is 11.9 Å². The molecule has 31 heavy (non-hydrogen) atoms. The minimum Gasteiger partial charge on any atom is -0.390 e. The lowest BCUT2D eigenvalue weighted by Crippen LogP contribution is -2.40. The van der Waals surface area contributed by atoms with Gasteiger partial charge >= 0.3 is 6.03 Å². The number of nitrogens with zero attached hydrogens (tertiary/aromatic N) is 2. The maximum atomic E-state index is 14.2. The lowest BCUT2D eigenvalue weighted by molar-refractivity contribution is 0.0606. The number of carbonyl (C=O) groups is 1. The van der Waals surface area contributed by atoms with Crippen LogP contribution in [0.4, 0.5) is 19.3 Å². The molecule has 3 aromatic rings. The second-order valence-electron chi connectivity index (χ2n) is 7.22. The van der Waals surface area contributed by atoms with Crippen LogP contribution in [-0.2, 0) is 11.4 Å². The number of nitrogens with one attached hydrogen (secondary N) is 1. The van der Waals surface area contributed by atoms with E-state index in [4.69, 9.17) is 4.84 Å². The molecule has 0 bridgehead atoms. The average molecular weight is 421 g/mol. The maximum Gasteiger partial charge on any atom is 0.322 e. The summed E-state index contributed by atoms with van der Waals surface area (Å²) in [4.78, 5) is 19.9. The molecular formula is C24H21F2N3O2. The van der Waals surface area contributed by atoms with Crippen LogP contribution >= 0.6 is 0 Å². The zero-order chi connectivity index (χ0) is 21.6. The summed E-state index contributed by atoms with van der Waals surface area (Å²) in [6.45, 7) is 0.217. The van der Waals surface area contributed by atoms with E-state index in [9.17, 15) is 13.6 Å². The molecule has 0 spiro atoms. The van der Waals surface area contributed by atoms with Crippen LogP contribution < -0.4 is 5.32 Å². The van der Waals surface area contributed by atoms with E-state index >= 15 is 0 Å². The zero-order valence-electron chi connectivity index (χ0n) is 16.7. The van der Waals surface area contributed by atoms with Crippen LogP contribution in [0.3, 0.4) is 0 Å². The molecule has 1 N–H and O–H groups in total. The predicted octanol–water partition coefficient (Wildman–Crippen LogP) is 5.19. The normalized spacial score (nSPS) is 15.2. The molecule has 0 radical (unpaired) electrons. The number of rotatable bonds is 6. The van der Waals surface area contributed by atoms with Gasteiger partial charge in [0, 0.05) is 23.2 Å². The Morgan fingerprint density at radius 1 is 0.968 bits per heavy atom. The van der Waals surface area contributed by atoms with E-state index in [2.05, 4.69) is 10.5 Å². The zero-order valence-corrected chi connectivity index (χ0v) is 16.7. The Kier molecular flexibility index (Phi) is 6.21. The van der Waals surface area contributed by atoms with Gasteiger partial charge in [-0.05, 0) is 24.3 Å². The highest BCUT2D eigenvalue weighted by molar-refractivity contribution is 6.01. The third kappa shape index (κ3) is 5.06. The summed E-state index contributed by atoms with van der Waals surface area (Å²) in [5.41, 5.74) is 1.87. The monoisotopic (exact) mass is 421 g/mol. The number of hydrogen-bond acceptors (Lipinski definition) is 3. The number of oxime groups is 1. The number of hydrogen-bond donors (Lipinski definition) is 1. The molecule has 7 heteroatoms. The van der Waals surface area contributed by atoms with Crippen LogP contribution in [0.15, 0.2) is 84.0 Å². The molecule has 0 fully saturated rings. The third-order valence-electron chi connectivity index (χ3n) is 4.97. The average Bonchev–Trinajstić information content (AvgIpc) is 3.24. The third-order valence-corrected chi connectivity index (χ3v) is 4.97. The SMILES string of the molecule is O=C(Nc1ccccc1)N(Cc1ccccc1F)CC1CC(c2ccccc2F)=NO1. The van der Waals surface area contributed by atoms with Crippen LogP contribution in [0, 0.1) is 11.6 Å². The largest absolute Gasteiger partial charge is 0.390 e. The Labute approximate surface area is 178 Å². The number of anilines is 1. The summed E-state index contributed by atoms with van der Waals surface area (Å²) in [6, 6.07) is 21.3. The van der Waals surface area contributed by atoms with E-state index in [1.165, 1.54) is 17.0 Å². The van der Waals surface area contributed by atoms with Crippen LogP contribution in [0.1, 0.15) is 17.5 Å². The minimum atomic E-state index is -0.470. The van der Waals surface area contributed by atoms with Gasteiger partial charge < -0.3 is 15.1 Å². The molecule has 1 heterocycles. The molecule has 4 rings (SSSR count). The molecule has 158 valence electrons. The second kappa shape index (κ2) is 9.38. The van der Waals surface area contributed by atoms with Crippen LogP contribution in [0.2, 0.25) is 0 Å². The van der Waals surface area contributed by atoms with E-state index < -0.39 is 18.0 Å². The number of carbonyl (C=O) groups excluding carboxylic acids is 1. The first kappa shape index (κ1) is 20.5. The first-order valence-corrected chi connectivity index (χ1v) is 9.92. The Bertz CT molecular complexity index is 1090. The van der Waals surface area contributed by atoms with Gasteiger partial charge in [0.05, 0.1) is 18.8 Å². The summed E-state index contributed by atoms with van der Waals surface area (Å²) < 4.78 is 28.3. The Morgan fingerprint density at radius 2 is 1.65 bits per heavy atom. The van der Waals surface area contributed by atoms with Gasteiger partial charge in [0.2, 0.25) is 0 Å². The van der Waals surface area contributed by atoms with Gasteiger partial charge in [0.15, 0.2) is 6.10 Å². The van der Waals surface area contributed by atoms with Crippen molar-refractivity contribution in [3.8, 4) is 0 Å². The molecule has 0 aromatic heterocycles. The van der Waals surface area contributed by atoms with Crippen LogP contribution in [0.25, 0.3) is 0 Å². The smallest absolute Gasteiger partial charge is 0.322 e. The maximum absolute atomic E-state index is 14.2. The van der Waals surface area contributed by atoms with Crippen molar-refractivity contribution in [2.45, 2.75) is 19.1 Å². The first-order chi connectivity index (χ1) is 15.1. The van der Waals surface area contributed by atoms with Crippen molar-refractivity contribution in [1.29, 1.82) is 0 Å². The lowest BCUT2D eigenvalue weighted by Gasteiger charge is -2.25. The minimum absolute atomic E-state index is 0.0558. The fourth-order valence-electron chi connectivity index (χ4n) is 3.40. The summed E-state index contributed by atoms with van der Waals surface area (Å²) in [6.07, 6.45) is -0.129. The number of para-hydroxylation sites is 1. The van der Waals surface area contributed by atoms with Crippen molar-refractivity contribution in [1.82, 2.24) is 4.90 Å². The van der Waals surface area contributed by atoms with Crippen molar-refractivity contribution in [3.63, 3.8) is 0 Å². The van der Waals surface area contributed by atoms with Gasteiger partial charge in [-0.3, -0.25) is 0 Å². The van der Waals surface area contributed by atoms with E-state index in [1.807, 2.05) is 18.2 Å². The summed E-state index contributed by atoms with van der Waals surface area (Å²) in [7, 11) is 0. The molecule has 3 aromatic carbocycles. The van der Waals surface area contributed by atoms with E-state index in [1.54, 1.807) is 48.5 Å². The standard InChI is InChI=1S/C24H21F2N3O2/c25-21-12-6-4-8-17(21)15-29(24(30)27-18-9-2-1-3-10-18)16-19-14-23(28-31-19)20-11-5-7-13-22(20)26/h1-13,19H,14-16H2,(H,27,30). The molecule has 0 saturated carbocycles. The van der Waals surface area contributed by atoms with E-state index in [-0.39, 0.29) is 18.9 Å². The predicted molar refractivity (Wildman–Crippen MR) is 115 cm³/mol. The van der Waals surface area contributed by atoms with Gasteiger partial charge in [0.1, 0.15) is 11.6 Å². The fourth-order valence-corrected chi connectivity index (χ4v) is 3.40.